The average Bonchev–Trinajstić information content (AvgIpc) is 2.52. The van der Waals surface area contributed by atoms with Gasteiger partial charge in [-0.25, -0.2) is 12.7 Å². The molecule has 0 radical (unpaired) electrons. The van der Waals surface area contributed by atoms with E-state index >= 15 is 0 Å². The molecule has 2 rings (SSSR count). The Labute approximate surface area is 132 Å². The molecular formula is C16H24N2O3S. The lowest BCUT2D eigenvalue weighted by Crippen LogP contribution is -2.45. The second-order valence-corrected chi connectivity index (χ2v) is 7.82. The molecule has 1 aliphatic rings. The summed E-state index contributed by atoms with van der Waals surface area (Å²) in [5.41, 5.74) is 1.08. The lowest BCUT2D eigenvalue weighted by molar-refractivity contribution is -0.126. The number of nitrogens with one attached hydrogen (secondary N) is 1. The van der Waals surface area contributed by atoms with Crippen LogP contribution >= 0.6 is 0 Å². The molecule has 0 unspecified atom stereocenters. The van der Waals surface area contributed by atoms with Crippen LogP contribution < -0.4 is 5.32 Å². The molecule has 1 aliphatic heterocycles. The number of rotatable bonds is 5. The summed E-state index contributed by atoms with van der Waals surface area (Å²) in [6, 6.07) is 9.83. The van der Waals surface area contributed by atoms with Gasteiger partial charge in [-0.3, -0.25) is 4.79 Å². The number of nitrogens with zero attached hydrogens (tertiary/aromatic N) is 1. The molecule has 1 fully saturated rings. The summed E-state index contributed by atoms with van der Waals surface area (Å²) in [6.45, 7) is 2.83. The zero-order valence-corrected chi connectivity index (χ0v) is 14.0. The van der Waals surface area contributed by atoms with E-state index in [1.54, 1.807) is 0 Å². The highest BCUT2D eigenvalue weighted by atomic mass is 32.2. The summed E-state index contributed by atoms with van der Waals surface area (Å²) in [6.07, 6.45) is 3.47. The van der Waals surface area contributed by atoms with Gasteiger partial charge in [-0.1, -0.05) is 37.3 Å². The Kier molecular flexibility index (Phi) is 5.58. The van der Waals surface area contributed by atoms with Gasteiger partial charge in [0, 0.05) is 13.1 Å². The van der Waals surface area contributed by atoms with Crippen molar-refractivity contribution in [3.63, 3.8) is 0 Å². The minimum atomic E-state index is -3.23. The molecule has 0 aliphatic carbocycles. The lowest BCUT2D eigenvalue weighted by Gasteiger charge is -2.31. The first-order chi connectivity index (χ1) is 10.4. The summed E-state index contributed by atoms with van der Waals surface area (Å²) in [5.74, 6) is -0.315. The minimum absolute atomic E-state index is 0.0256. The van der Waals surface area contributed by atoms with E-state index in [2.05, 4.69) is 5.32 Å². The molecule has 0 bridgehead atoms. The molecule has 1 heterocycles. The van der Waals surface area contributed by atoms with Crippen LogP contribution in [0.3, 0.4) is 0 Å². The number of amides is 1. The molecule has 0 aromatic heterocycles. The first-order valence-electron chi connectivity index (χ1n) is 7.72. The van der Waals surface area contributed by atoms with E-state index in [4.69, 9.17) is 0 Å². The Morgan fingerprint density at radius 2 is 2.05 bits per heavy atom. The Morgan fingerprint density at radius 3 is 2.64 bits per heavy atom. The van der Waals surface area contributed by atoms with Gasteiger partial charge < -0.3 is 5.32 Å². The van der Waals surface area contributed by atoms with Gasteiger partial charge in [0.2, 0.25) is 15.9 Å². The predicted octanol–water partition coefficient (Wildman–Crippen LogP) is 1.93. The van der Waals surface area contributed by atoms with Gasteiger partial charge in [0.15, 0.2) is 0 Å². The second-order valence-electron chi connectivity index (χ2n) is 5.84. The first-order valence-corrected chi connectivity index (χ1v) is 9.57. The maximum Gasteiger partial charge on any atom is 0.224 e. The molecule has 1 N–H and O–H groups in total. The van der Waals surface area contributed by atoms with E-state index in [-0.39, 0.29) is 24.4 Å². The van der Waals surface area contributed by atoms with Crippen LogP contribution in [0.1, 0.15) is 37.8 Å². The van der Waals surface area contributed by atoms with Gasteiger partial charge in [0.05, 0.1) is 18.2 Å². The van der Waals surface area contributed by atoms with Crippen molar-refractivity contribution >= 4 is 15.9 Å². The number of hydrogen-bond donors (Lipinski definition) is 1. The monoisotopic (exact) mass is 324 g/mol. The maximum atomic E-state index is 12.5. The van der Waals surface area contributed by atoms with Gasteiger partial charge in [0.1, 0.15) is 0 Å². The quantitative estimate of drug-likeness (QED) is 0.900. The third-order valence-electron chi connectivity index (χ3n) is 4.15. The summed E-state index contributed by atoms with van der Waals surface area (Å²) in [4.78, 5) is 12.5. The van der Waals surface area contributed by atoms with Crippen molar-refractivity contribution in [3.8, 4) is 0 Å². The van der Waals surface area contributed by atoms with E-state index in [0.29, 0.717) is 6.54 Å². The molecule has 6 heteroatoms. The van der Waals surface area contributed by atoms with Gasteiger partial charge in [-0.05, 0) is 24.8 Å². The van der Waals surface area contributed by atoms with Crippen LogP contribution in [0, 0.1) is 5.92 Å². The fraction of sp³-hybridized carbons (Fsp3) is 0.562. The van der Waals surface area contributed by atoms with E-state index in [1.165, 1.54) is 10.6 Å². The van der Waals surface area contributed by atoms with E-state index in [1.807, 2.05) is 37.3 Å². The fourth-order valence-corrected chi connectivity index (χ4v) is 3.77. The van der Waals surface area contributed by atoms with Crippen molar-refractivity contribution in [1.29, 1.82) is 0 Å². The first kappa shape index (κ1) is 17.0. The highest BCUT2D eigenvalue weighted by Crippen LogP contribution is 2.21. The average molecular weight is 324 g/mol. The lowest BCUT2D eigenvalue weighted by atomic mass is 9.97. The van der Waals surface area contributed by atoms with Crippen molar-refractivity contribution in [2.75, 3.05) is 19.3 Å². The van der Waals surface area contributed by atoms with Crippen molar-refractivity contribution < 1.29 is 13.2 Å². The fourth-order valence-electron chi connectivity index (χ4n) is 2.85. The van der Waals surface area contributed by atoms with E-state index < -0.39 is 10.0 Å². The number of benzene rings is 1. The highest BCUT2D eigenvalue weighted by molar-refractivity contribution is 7.88. The number of hydrogen-bond acceptors (Lipinski definition) is 3. The molecule has 0 saturated carbocycles. The molecule has 122 valence electrons. The van der Waals surface area contributed by atoms with E-state index in [0.717, 1.165) is 24.8 Å². The summed E-state index contributed by atoms with van der Waals surface area (Å²) in [7, 11) is -3.23. The molecular weight excluding hydrogens is 300 g/mol. The second kappa shape index (κ2) is 7.24. The van der Waals surface area contributed by atoms with Crippen molar-refractivity contribution in [2.24, 2.45) is 5.92 Å². The number of sulfonamides is 1. The third kappa shape index (κ3) is 4.30. The molecule has 0 spiro atoms. The van der Waals surface area contributed by atoms with E-state index in [9.17, 15) is 13.2 Å². The molecule has 1 saturated heterocycles. The smallest absolute Gasteiger partial charge is 0.224 e. The molecule has 1 aromatic rings. The zero-order chi connectivity index (χ0) is 16.2. The summed E-state index contributed by atoms with van der Waals surface area (Å²) < 4.78 is 24.7. The van der Waals surface area contributed by atoms with Gasteiger partial charge in [-0.15, -0.1) is 0 Å². The van der Waals surface area contributed by atoms with Gasteiger partial charge in [0.25, 0.3) is 0 Å². The predicted molar refractivity (Wildman–Crippen MR) is 86.8 cm³/mol. The van der Waals surface area contributed by atoms with Gasteiger partial charge >= 0.3 is 0 Å². The number of carbonyl (C=O) groups excluding carboxylic acids is 1. The SMILES string of the molecule is CC[C@H](NC(=O)[C@@H]1CCCN(S(C)(=O)=O)C1)c1ccccc1. The van der Waals surface area contributed by atoms with Gasteiger partial charge in [-0.2, -0.15) is 0 Å². The van der Waals surface area contributed by atoms with Crippen LogP contribution in [0.25, 0.3) is 0 Å². The summed E-state index contributed by atoms with van der Waals surface area (Å²) in [5, 5.41) is 3.06. The number of piperidine rings is 1. The Bertz CT molecular complexity index is 601. The van der Waals surface area contributed by atoms with Crippen LogP contribution in [-0.4, -0.2) is 38.0 Å². The molecule has 5 nitrogen and oxygen atoms in total. The Balaban J connectivity index is 2.02. The van der Waals surface area contributed by atoms with Crippen LogP contribution in [0.15, 0.2) is 30.3 Å². The topological polar surface area (TPSA) is 66.5 Å². The minimum Gasteiger partial charge on any atom is -0.349 e. The Hall–Kier alpha value is -1.40. The van der Waals surface area contributed by atoms with Crippen molar-refractivity contribution in [3.05, 3.63) is 35.9 Å². The highest BCUT2D eigenvalue weighted by Gasteiger charge is 2.30. The molecule has 1 aromatic carbocycles. The maximum absolute atomic E-state index is 12.5. The largest absolute Gasteiger partial charge is 0.349 e. The molecule has 22 heavy (non-hydrogen) atoms. The number of carbonyl (C=O) groups is 1. The summed E-state index contributed by atoms with van der Waals surface area (Å²) >= 11 is 0. The van der Waals surface area contributed by atoms with Crippen LogP contribution in [0.4, 0.5) is 0 Å². The van der Waals surface area contributed by atoms with Crippen molar-refractivity contribution in [1.82, 2.24) is 9.62 Å². The normalized spacial score (nSPS) is 21.3. The molecule has 2 atom stereocenters. The molecule has 1 amide bonds. The van der Waals surface area contributed by atoms with Crippen LogP contribution in [0.2, 0.25) is 0 Å². The Morgan fingerprint density at radius 1 is 1.36 bits per heavy atom. The zero-order valence-electron chi connectivity index (χ0n) is 13.2. The van der Waals surface area contributed by atoms with Crippen LogP contribution in [0.5, 0.6) is 0 Å². The standard InChI is InChI=1S/C16H24N2O3S/c1-3-15(13-8-5-4-6-9-13)17-16(19)14-10-7-11-18(12-14)22(2,20)21/h4-6,8-9,14-15H,3,7,10-12H2,1-2H3,(H,17,19)/t14-,15+/m1/s1. The van der Waals surface area contributed by atoms with Crippen LogP contribution in [-0.2, 0) is 14.8 Å². The third-order valence-corrected chi connectivity index (χ3v) is 5.42. The van der Waals surface area contributed by atoms with Crippen molar-refractivity contribution in [2.45, 2.75) is 32.2 Å².